The molecule has 0 bridgehead atoms. The first kappa shape index (κ1) is 21.4. The summed E-state index contributed by atoms with van der Waals surface area (Å²) in [6.45, 7) is 4.51. The van der Waals surface area contributed by atoms with E-state index < -0.39 is 5.97 Å². The fraction of sp³-hybridized carbons (Fsp3) is 0.600. The third-order valence-electron chi connectivity index (χ3n) is 4.34. The minimum Gasteiger partial charge on any atom is -0.490 e. The summed E-state index contributed by atoms with van der Waals surface area (Å²) in [5.74, 6) is -0.101. The van der Waals surface area contributed by atoms with Gasteiger partial charge in [0.25, 0.3) is 5.91 Å². The summed E-state index contributed by atoms with van der Waals surface area (Å²) in [5.41, 5.74) is 0.222. The van der Waals surface area contributed by atoms with Gasteiger partial charge in [-0.15, -0.1) is 0 Å². The summed E-state index contributed by atoms with van der Waals surface area (Å²) in [6.07, 6.45) is 6.09. The fourth-order valence-electron chi connectivity index (χ4n) is 2.96. The number of halogens is 1. The molecule has 0 aromatic heterocycles. The predicted octanol–water partition coefficient (Wildman–Crippen LogP) is 4.13. The van der Waals surface area contributed by atoms with Crippen molar-refractivity contribution in [3.63, 3.8) is 0 Å². The van der Waals surface area contributed by atoms with Crippen molar-refractivity contribution in [2.24, 2.45) is 0 Å². The molecule has 1 saturated carbocycles. The summed E-state index contributed by atoms with van der Waals surface area (Å²) < 4.78 is 16.4. The van der Waals surface area contributed by atoms with Crippen molar-refractivity contribution >= 4 is 23.5 Å². The van der Waals surface area contributed by atoms with Crippen LogP contribution < -0.4 is 14.8 Å². The lowest BCUT2D eigenvalue weighted by molar-refractivity contribution is -0.124. The monoisotopic (exact) mass is 397 g/mol. The highest BCUT2D eigenvalue weighted by atomic mass is 35.5. The standard InChI is InChI=1S/C20H28ClNO5/c1-3-5-10-26-19-16(21)11-14(12-17(19)25-4-2)20(24)27-13-18(23)22-15-8-6-7-9-15/h11-12,15H,3-10,13H2,1-2H3,(H,22,23). The van der Waals surface area contributed by atoms with Gasteiger partial charge < -0.3 is 19.5 Å². The number of ether oxygens (including phenoxy) is 3. The minimum atomic E-state index is -0.625. The van der Waals surface area contributed by atoms with Gasteiger partial charge in [-0.1, -0.05) is 37.8 Å². The molecule has 1 fully saturated rings. The van der Waals surface area contributed by atoms with Gasteiger partial charge in [-0.2, -0.15) is 0 Å². The van der Waals surface area contributed by atoms with Gasteiger partial charge in [0.05, 0.1) is 23.8 Å². The molecule has 0 atom stereocenters. The Morgan fingerprint density at radius 3 is 2.59 bits per heavy atom. The summed E-state index contributed by atoms with van der Waals surface area (Å²) in [5, 5.41) is 3.16. The second kappa shape index (κ2) is 11.0. The van der Waals surface area contributed by atoms with Gasteiger partial charge in [-0.3, -0.25) is 4.79 Å². The largest absolute Gasteiger partial charge is 0.490 e. The summed E-state index contributed by atoms with van der Waals surface area (Å²) in [7, 11) is 0. The highest BCUT2D eigenvalue weighted by Crippen LogP contribution is 2.37. The van der Waals surface area contributed by atoms with Gasteiger partial charge in [-0.05, 0) is 38.3 Å². The van der Waals surface area contributed by atoms with Crippen molar-refractivity contribution in [3.05, 3.63) is 22.7 Å². The number of rotatable bonds is 10. The Balaban J connectivity index is 1.98. The van der Waals surface area contributed by atoms with Crippen molar-refractivity contribution in [1.29, 1.82) is 0 Å². The molecule has 1 aliphatic rings. The van der Waals surface area contributed by atoms with Crippen LogP contribution in [0.3, 0.4) is 0 Å². The highest BCUT2D eigenvalue weighted by Gasteiger charge is 2.20. The number of nitrogens with one attached hydrogen (secondary N) is 1. The lowest BCUT2D eigenvalue weighted by Crippen LogP contribution is -2.35. The molecule has 0 heterocycles. The molecule has 1 amide bonds. The molecule has 6 nitrogen and oxygen atoms in total. The molecule has 1 aromatic carbocycles. The molecule has 1 N–H and O–H groups in total. The van der Waals surface area contributed by atoms with Crippen LogP contribution in [0.5, 0.6) is 11.5 Å². The van der Waals surface area contributed by atoms with E-state index in [-0.39, 0.29) is 29.1 Å². The molecule has 0 radical (unpaired) electrons. The molecular formula is C20H28ClNO5. The molecule has 1 aliphatic carbocycles. The first-order valence-corrected chi connectivity index (χ1v) is 9.98. The lowest BCUT2D eigenvalue weighted by Gasteiger charge is -2.15. The molecule has 0 spiro atoms. The van der Waals surface area contributed by atoms with Gasteiger partial charge in [0, 0.05) is 6.04 Å². The molecule has 7 heteroatoms. The number of amides is 1. The molecule has 27 heavy (non-hydrogen) atoms. The van der Waals surface area contributed by atoms with Crippen LogP contribution >= 0.6 is 11.6 Å². The normalized spacial score (nSPS) is 14.0. The SMILES string of the molecule is CCCCOc1c(Cl)cc(C(=O)OCC(=O)NC2CCCC2)cc1OCC. The van der Waals surface area contributed by atoms with Gasteiger partial charge in [0.2, 0.25) is 0 Å². The highest BCUT2D eigenvalue weighted by molar-refractivity contribution is 6.32. The first-order valence-electron chi connectivity index (χ1n) is 9.60. The Morgan fingerprint density at radius 1 is 1.19 bits per heavy atom. The Hall–Kier alpha value is -1.95. The lowest BCUT2D eigenvalue weighted by atomic mass is 10.2. The average Bonchev–Trinajstić information content (AvgIpc) is 3.15. The van der Waals surface area contributed by atoms with Gasteiger partial charge in [-0.25, -0.2) is 4.79 Å². The van der Waals surface area contributed by atoms with E-state index in [0.29, 0.717) is 24.7 Å². The predicted molar refractivity (Wildman–Crippen MR) is 104 cm³/mol. The average molecular weight is 398 g/mol. The minimum absolute atomic E-state index is 0.190. The van der Waals surface area contributed by atoms with Crippen molar-refractivity contribution in [2.75, 3.05) is 19.8 Å². The molecule has 0 saturated heterocycles. The Kier molecular flexibility index (Phi) is 8.72. The molecule has 150 valence electrons. The zero-order valence-electron chi connectivity index (χ0n) is 16.0. The van der Waals surface area contributed by atoms with E-state index in [1.807, 2.05) is 6.92 Å². The number of carbonyl (C=O) groups is 2. The zero-order chi connectivity index (χ0) is 19.6. The van der Waals surface area contributed by atoms with E-state index in [1.165, 1.54) is 12.1 Å². The van der Waals surface area contributed by atoms with Crippen LogP contribution in [0.25, 0.3) is 0 Å². The molecule has 1 aromatic rings. The van der Waals surface area contributed by atoms with Gasteiger partial charge >= 0.3 is 5.97 Å². The van der Waals surface area contributed by atoms with Crippen LogP contribution in [0.2, 0.25) is 5.02 Å². The zero-order valence-corrected chi connectivity index (χ0v) is 16.8. The van der Waals surface area contributed by atoms with E-state index in [1.54, 1.807) is 0 Å². The quantitative estimate of drug-likeness (QED) is 0.474. The van der Waals surface area contributed by atoms with E-state index >= 15 is 0 Å². The smallest absolute Gasteiger partial charge is 0.338 e. The first-order chi connectivity index (χ1) is 13.0. The van der Waals surface area contributed by atoms with Crippen LogP contribution in [0.15, 0.2) is 12.1 Å². The second-order valence-electron chi connectivity index (χ2n) is 6.55. The third-order valence-corrected chi connectivity index (χ3v) is 4.62. The summed E-state index contributed by atoms with van der Waals surface area (Å²) in [6, 6.07) is 3.20. The Labute approximate surface area is 165 Å². The molecule has 0 unspecified atom stereocenters. The number of esters is 1. The topological polar surface area (TPSA) is 73.9 Å². The van der Waals surface area contributed by atoms with Crippen LogP contribution in [-0.4, -0.2) is 37.7 Å². The van der Waals surface area contributed by atoms with Crippen LogP contribution in [0, 0.1) is 0 Å². The maximum atomic E-state index is 12.3. The third kappa shape index (κ3) is 6.61. The number of hydrogen-bond acceptors (Lipinski definition) is 5. The van der Waals surface area contributed by atoms with Crippen LogP contribution in [0.1, 0.15) is 62.7 Å². The van der Waals surface area contributed by atoms with Crippen molar-refractivity contribution in [3.8, 4) is 11.5 Å². The molecule has 2 rings (SSSR count). The Bertz CT molecular complexity index is 644. The van der Waals surface area contributed by atoms with E-state index in [0.717, 1.165) is 38.5 Å². The van der Waals surface area contributed by atoms with Crippen molar-refractivity contribution < 1.29 is 23.8 Å². The fourth-order valence-corrected chi connectivity index (χ4v) is 3.23. The van der Waals surface area contributed by atoms with E-state index in [2.05, 4.69) is 12.2 Å². The molecular weight excluding hydrogens is 370 g/mol. The number of benzene rings is 1. The van der Waals surface area contributed by atoms with E-state index in [4.69, 9.17) is 25.8 Å². The van der Waals surface area contributed by atoms with E-state index in [9.17, 15) is 9.59 Å². The van der Waals surface area contributed by atoms with Gasteiger partial charge in [0.1, 0.15) is 0 Å². The summed E-state index contributed by atoms with van der Waals surface area (Å²) >= 11 is 6.28. The molecule has 0 aliphatic heterocycles. The Morgan fingerprint density at radius 2 is 1.93 bits per heavy atom. The maximum absolute atomic E-state index is 12.3. The maximum Gasteiger partial charge on any atom is 0.338 e. The van der Waals surface area contributed by atoms with Crippen LogP contribution in [0.4, 0.5) is 0 Å². The second-order valence-corrected chi connectivity index (χ2v) is 6.95. The van der Waals surface area contributed by atoms with Crippen LogP contribution in [-0.2, 0) is 9.53 Å². The summed E-state index contributed by atoms with van der Waals surface area (Å²) in [4.78, 5) is 24.2. The van der Waals surface area contributed by atoms with Crippen molar-refractivity contribution in [1.82, 2.24) is 5.32 Å². The number of hydrogen-bond donors (Lipinski definition) is 1. The van der Waals surface area contributed by atoms with Crippen molar-refractivity contribution in [2.45, 2.75) is 58.4 Å². The van der Waals surface area contributed by atoms with Gasteiger partial charge in [0.15, 0.2) is 18.1 Å². The number of carbonyl (C=O) groups excluding carboxylic acids is 2. The number of unbranched alkanes of at least 4 members (excludes halogenated alkanes) is 1.